The maximum atomic E-state index is 13.3. The van der Waals surface area contributed by atoms with Gasteiger partial charge in [0.05, 0.1) is 31.6 Å². The normalized spacial score (nSPS) is 21.3. The maximum Gasteiger partial charge on any atom is 0.236 e. The van der Waals surface area contributed by atoms with Crippen LogP contribution in [0, 0.1) is 5.92 Å². The number of benzene rings is 1. The van der Waals surface area contributed by atoms with Crippen LogP contribution in [-0.4, -0.2) is 95.8 Å². The van der Waals surface area contributed by atoms with Gasteiger partial charge >= 0.3 is 0 Å². The number of nitrogens with zero attached hydrogens (tertiary/aromatic N) is 4. The van der Waals surface area contributed by atoms with E-state index < -0.39 is 0 Å². The van der Waals surface area contributed by atoms with Crippen LogP contribution in [0.4, 0.5) is 0 Å². The third-order valence-corrected chi connectivity index (χ3v) is 7.38. The first kappa shape index (κ1) is 24.8. The van der Waals surface area contributed by atoms with Gasteiger partial charge in [0.25, 0.3) is 0 Å². The number of carbonyl (C=O) groups is 2. The summed E-state index contributed by atoms with van der Waals surface area (Å²) in [5.74, 6) is 1.84. The van der Waals surface area contributed by atoms with Crippen molar-refractivity contribution in [3.8, 4) is 17.0 Å². The molecule has 1 aromatic heterocycles. The minimum atomic E-state index is -0.0261. The summed E-state index contributed by atoms with van der Waals surface area (Å²) in [5.41, 5.74) is 3.04. The molecule has 1 N–H and O–H groups in total. The lowest BCUT2D eigenvalue weighted by Crippen LogP contribution is -2.40. The first-order valence-corrected chi connectivity index (χ1v) is 13.1. The molecule has 2 amide bonds. The molecule has 5 rings (SSSR count). The van der Waals surface area contributed by atoms with Crippen molar-refractivity contribution < 1.29 is 19.1 Å². The molecule has 3 heterocycles. The van der Waals surface area contributed by atoms with Crippen molar-refractivity contribution in [1.82, 2.24) is 24.9 Å². The molecule has 3 aliphatic rings. The van der Waals surface area contributed by atoms with E-state index in [-0.39, 0.29) is 17.9 Å². The number of amides is 2. The zero-order valence-electron chi connectivity index (χ0n) is 21.2. The lowest BCUT2D eigenvalue weighted by Gasteiger charge is -2.25. The molecule has 1 atom stereocenters. The number of carbonyl (C=O) groups excluding carboxylic acids is 2. The Bertz CT molecular complexity index is 1040. The minimum Gasteiger partial charge on any atom is -0.497 e. The zero-order valence-corrected chi connectivity index (χ0v) is 21.2. The third-order valence-electron chi connectivity index (χ3n) is 7.38. The van der Waals surface area contributed by atoms with Gasteiger partial charge in [0.1, 0.15) is 5.75 Å². The summed E-state index contributed by atoms with van der Waals surface area (Å²) in [4.78, 5) is 31.3. The molecule has 2 aromatic rings. The second-order valence-corrected chi connectivity index (χ2v) is 10.2. The number of aromatic amines is 1. The molecule has 1 aliphatic carbocycles. The Hall–Kier alpha value is -2.91. The molecule has 194 valence electrons. The van der Waals surface area contributed by atoms with Gasteiger partial charge in [-0.25, -0.2) is 0 Å². The molecule has 2 aliphatic heterocycles. The van der Waals surface area contributed by atoms with Crippen LogP contribution in [0.1, 0.15) is 37.7 Å². The van der Waals surface area contributed by atoms with Crippen LogP contribution < -0.4 is 4.74 Å². The van der Waals surface area contributed by atoms with Gasteiger partial charge in [-0.1, -0.05) is 0 Å². The molecule has 2 saturated heterocycles. The predicted molar refractivity (Wildman–Crippen MR) is 135 cm³/mol. The van der Waals surface area contributed by atoms with E-state index in [1.807, 2.05) is 40.3 Å². The lowest BCUT2D eigenvalue weighted by atomic mass is 10.1. The van der Waals surface area contributed by atoms with Gasteiger partial charge in [-0.3, -0.25) is 19.6 Å². The van der Waals surface area contributed by atoms with Crippen molar-refractivity contribution in [3.63, 3.8) is 0 Å². The molecule has 0 bridgehead atoms. The van der Waals surface area contributed by atoms with Crippen molar-refractivity contribution in [3.05, 3.63) is 36.0 Å². The molecular formula is C27H37N5O4. The monoisotopic (exact) mass is 495 g/mol. The van der Waals surface area contributed by atoms with Gasteiger partial charge in [-0.15, -0.1) is 0 Å². The largest absolute Gasteiger partial charge is 0.497 e. The molecule has 1 unspecified atom stereocenters. The second-order valence-electron chi connectivity index (χ2n) is 10.2. The number of nitrogens with one attached hydrogen (secondary N) is 1. The minimum absolute atomic E-state index is 0.0261. The summed E-state index contributed by atoms with van der Waals surface area (Å²) >= 11 is 0. The van der Waals surface area contributed by atoms with Crippen molar-refractivity contribution in [2.45, 2.75) is 44.8 Å². The van der Waals surface area contributed by atoms with Crippen LogP contribution in [0.3, 0.4) is 0 Å². The highest BCUT2D eigenvalue weighted by atomic mass is 16.5. The van der Waals surface area contributed by atoms with Crippen LogP contribution in [0.25, 0.3) is 11.3 Å². The number of hydrogen-bond acceptors (Lipinski definition) is 6. The van der Waals surface area contributed by atoms with E-state index in [1.165, 1.54) is 12.8 Å². The highest BCUT2D eigenvalue weighted by Gasteiger charge is 2.31. The summed E-state index contributed by atoms with van der Waals surface area (Å²) in [6.07, 6.45) is 6.70. The van der Waals surface area contributed by atoms with E-state index in [4.69, 9.17) is 9.47 Å². The molecule has 3 fully saturated rings. The molecule has 0 spiro atoms. The van der Waals surface area contributed by atoms with Gasteiger partial charge < -0.3 is 19.3 Å². The fourth-order valence-corrected chi connectivity index (χ4v) is 5.12. The van der Waals surface area contributed by atoms with Crippen molar-refractivity contribution >= 4 is 11.8 Å². The van der Waals surface area contributed by atoms with E-state index in [2.05, 4.69) is 15.1 Å². The number of aromatic nitrogens is 2. The Morgan fingerprint density at radius 3 is 2.58 bits per heavy atom. The number of hydrogen-bond donors (Lipinski definition) is 1. The van der Waals surface area contributed by atoms with Crippen LogP contribution in [0.2, 0.25) is 0 Å². The van der Waals surface area contributed by atoms with Crippen molar-refractivity contribution in [1.29, 1.82) is 0 Å². The highest BCUT2D eigenvalue weighted by Crippen LogP contribution is 2.30. The van der Waals surface area contributed by atoms with Gasteiger partial charge in [0, 0.05) is 63.4 Å². The van der Waals surface area contributed by atoms with Gasteiger partial charge in [-0.2, -0.15) is 5.10 Å². The van der Waals surface area contributed by atoms with E-state index in [9.17, 15) is 9.59 Å². The predicted octanol–water partition coefficient (Wildman–Crippen LogP) is 2.54. The fraction of sp³-hybridized carbons (Fsp3) is 0.593. The number of ether oxygens (including phenoxy) is 2. The Balaban J connectivity index is 1.24. The third kappa shape index (κ3) is 6.25. The lowest BCUT2D eigenvalue weighted by molar-refractivity contribution is -0.132. The summed E-state index contributed by atoms with van der Waals surface area (Å²) in [6, 6.07) is 7.89. The van der Waals surface area contributed by atoms with Gasteiger partial charge in [0.15, 0.2) is 0 Å². The standard InChI is InChI=1S/C27H37N5O4/c1-35-23-9-7-21(8-10-23)27-22(14-28-29-27)15-30-16-24(36-19-20-5-6-20)17-32(26(34)18-30)13-3-12-31-11-2-4-25(31)33/h7-10,14,20,24H,2-6,11-13,15-19H2,1H3,(H,28,29). The van der Waals surface area contributed by atoms with Crippen LogP contribution in [0.5, 0.6) is 5.75 Å². The number of H-pyrrole nitrogens is 1. The maximum absolute atomic E-state index is 13.3. The molecule has 0 radical (unpaired) electrons. The van der Waals surface area contributed by atoms with Gasteiger partial charge in [0.2, 0.25) is 11.8 Å². The summed E-state index contributed by atoms with van der Waals surface area (Å²) < 4.78 is 11.6. The zero-order chi connectivity index (χ0) is 24.9. The van der Waals surface area contributed by atoms with Crippen molar-refractivity contribution in [2.24, 2.45) is 5.92 Å². The Labute approximate surface area is 212 Å². The van der Waals surface area contributed by atoms with E-state index >= 15 is 0 Å². The van der Waals surface area contributed by atoms with E-state index in [1.54, 1.807) is 7.11 Å². The molecule has 9 heteroatoms. The average Bonchev–Trinajstić information content (AvgIpc) is 3.50. The second kappa shape index (κ2) is 11.4. The summed E-state index contributed by atoms with van der Waals surface area (Å²) in [7, 11) is 1.66. The number of methoxy groups -OCH3 is 1. The number of rotatable bonds is 11. The Morgan fingerprint density at radius 1 is 1.06 bits per heavy atom. The first-order valence-electron chi connectivity index (χ1n) is 13.1. The molecular weight excluding hydrogens is 458 g/mol. The van der Waals surface area contributed by atoms with Crippen LogP contribution in [-0.2, 0) is 20.9 Å². The smallest absolute Gasteiger partial charge is 0.236 e. The van der Waals surface area contributed by atoms with Crippen molar-refractivity contribution in [2.75, 3.05) is 53.0 Å². The van der Waals surface area contributed by atoms with E-state index in [0.717, 1.165) is 55.1 Å². The molecule has 9 nitrogen and oxygen atoms in total. The SMILES string of the molecule is COc1ccc(-c2[nH]ncc2CN2CC(=O)N(CCCN3CCCC3=O)CC(OCC3CC3)C2)cc1. The Morgan fingerprint density at radius 2 is 1.86 bits per heavy atom. The average molecular weight is 496 g/mol. The summed E-state index contributed by atoms with van der Waals surface area (Å²) in [6.45, 7) is 5.25. The van der Waals surface area contributed by atoms with Crippen LogP contribution in [0.15, 0.2) is 30.5 Å². The first-order chi connectivity index (χ1) is 17.6. The number of likely N-dealkylation sites (tertiary alicyclic amines) is 1. The fourth-order valence-electron chi connectivity index (χ4n) is 5.12. The Kier molecular flexibility index (Phi) is 7.87. The van der Waals surface area contributed by atoms with E-state index in [0.29, 0.717) is 45.1 Å². The molecule has 36 heavy (non-hydrogen) atoms. The van der Waals surface area contributed by atoms with Crippen LogP contribution >= 0.6 is 0 Å². The van der Waals surface area contributed by atoms with Gasteiger partial charge in [-0.05, 0) is 55.9 Å². The molecule has 1 saturated carbocycles. The quantitative estimate of drug-likeness (QED) is 0.515. The highest BCUT2D eigenvalue weighted by molar-refractivity contribution is 5.79. The topological polar surface area (TPSA) is 91.0 Å². The molecule has 1 aromatic carbocycles. The summed E-state index contributed by atoms with van der Waals surface area (Å²) in [5, 5.41) is 7.42.